The quantitative estimate of drug-likeness (QED) is 0.185. The average Bonchev–Trinajstić information content (AvgIpc) is 3.81. The molecule has 3 heterocycles. The number of aromatic nitrogens is 1. The van der Waals surface area contributed by atoms with Crippen LogP contribution in [-0.4, -0.2) is 40.9 Å². The Bertz CT molecular complexity index is 2190. The first-order chi connectivity index (χ1) is 23.4. The van der Waals surface area contributed by atoms with Gasteiger partial charge in [0.05, 0.1) is 15.1 Å². The Kier molecular flexibility index (Phi) is 7.74. The van der Waals surface area contributed by atoms with Crippen molar-refractivity contribution in [1.82, 2.24) is 9.88 Å². The van der Waals surface area contributed by atoms with E-state index in [0.29, 0.717) is 40.8 Å². The fraction of sp³-hybridized carbons (Fsp3) is 0.158. The van der Waals surface area contributed by atoms with Crippen molar-refractivity contribution >= 4 is 61.6 Å². The molecule has 0 fully saturated rings. The zero-order valence-corrected chi connectivity index (χ0v) is 27.6. The molecule has 48 heavy (non-hydrogen) atoms. The Balaban J connectivity index is 0.893. The van der Waals surface area contributed by atoms with E-state index >= 15 is 0 Å². The first-order valence-corrected chi connectivity index (χ1v) is 17.3. The van der Waals surface area contributed by atoms with E-state index in [1.165, 1.54) is 44.9 Å². The Hall–Kier alpha value is -5.32. The molecule has 2 aromatic heterocycles. The number of rotatable bonds is 6. The lowest BCUT2D eigenvalue weighted by Crippen LogP contribution is -2.37. The predicted molar refractivity (Wildman–Crippen MR) is 190 cm³/mol. The van der Waals surface area contributed by atoms with Crippen LogP contribution in [-0.2, 0) is 17.7 Å². The van der Waals surface area contributed by atoms with Gasteiger partial charge in [-0.1, -0.05) is 65.9 Å². The second-order valence-corrected chi connectivity index (χ2v) is 14.3. The van der Waals surface area contributed by atoms with Gasteiger partial charge in [0.2, 0.25) is 0 Å². The van der Waals surface area contributed by atoms with Crippen molar-refractivity contribution in [2.75, 3.05) is 23.8 Å². The number of nitrogens with one attached hydrogen (secondary N) is 2. The highest BCUT2D eigenvalue weighted by atomic mass is 32.1. The minimum Gasteiger partial charge on any atom is -0.448 e. The van der Waals surface area contributed by atoms with Gasteiger partial charge in [-0.3, -0.25) is 14.9 Å². The monoisotopic (exact) mass is 670 g/mol. The molecular weight excluding hydrogens is 641 g/mol. The van der Waals surface area contributed by atoms with E-state index in [4.69, 9.17) is 4.74 Å². The van der Waals surface area contributed by atoms with E-state index < -0.39 is 0 Å². The molecule has 3 amide bonds. The first kappa shape index (κ1) is 30.0. The maximum atomic E-state index is 13.2. The molecule has 10 heteroatoms. The number of benzene rings is 4. The maximum absolute atomic E-state index is 13.2. The van der Waals surface area contributed by atoms with Gasteiger partial charge in [-0.25, -0.2) is 9.78 Å². The number of hydrogen-bond acceptors (Lipinski definition) is 7. The molecule has 0 saturated carbocycles. The molecule has 0 bridgehead atoms. The highest BCUT2D eigenvalue weighted by molar-refractivity contribution is 7.22. The lowest BCUT2D eigenvalue weighted by molar-refractivity contribution is 0.0950. The van der Waals surface area contributed by atoms with E-state index in [0.717, 1.165) is 26.2 Å². The number of anilines is 2. The Labute approximate surface area is 285 Å². The molecule has 8 nitrogen and oxygen atoms in total. The van der Waals surface area contributed by atoms with Crippen molar-refractivity contribution in [3.05, 3.63) is 135 Å². The first-order valence-electron chi connectivity index (χ1n) is 15.7. The van der Waals surface area contributed by atoms with Gasteiger partial charge < -0.3 is 15.0 Å². The molecule has 0 spiro atoms. The molecule has 0 atom stereocenters. The van der Waals surface area contributed by atoms with Crippen molar-refractivity contribution in [2.24, 2.45) is 0 Å². The van der Waals surface area contributed by atoms with E-state index in [-0.39, 0.29) is 30.4 Å². The summed E-state index contributed by atoms with van der Waals surface area (Å²) >= 11 is 2.79. The van der Waals surface area contributed by atoms with Crippen LogP contribution in [0.3, 0.4) is 0 Å². The Morgan fingerprint density at radius 1 is 0.833 bits per heavy atom. The molecule has 1 aliphatic carbocycles. The van der Waals surface area contributed by atoms with Gasteiger partial charge >= 0.3 is 6.09 Å². The van der Waals surface area contributed by atoms with Crippen LogP contribution in [0, 0.1) is 6.92 Å². The summed E-state index contributed by atoms with van der Waals surface area (Å²) < 4.78 is 6.74. The number of fused-ring (bicyclic) bond motifs is 5. The minimum atomic E-state index is -0.327. The van der Waals surface area contributed by atoms with E-state index in [1.807, 2.05) is 61.5 Å². The van der Waals surface area contributed by atoms with Crippen LogP contribution in [0.4, 0.5) is 15.6 Å². The highest BCUT2D eigenvalue weighted by Crippen LogP contribution is 2.44. The number of thiazole rings is 1. The second kappa shape index (κ2) is 12.4. The van der Waals surface area contributed by atoms with Crippen LogP contribution >= 0.6 is 22.7 Å². The van der Waals surface area contributed by atoms with Crippen LogP contribution in [0.5, 0.6) is 0 Å². The summed E-state index contributed by atoms with van der Waals surface area (Å²) in [6, 6.07) is 31.4. The van der Waals surface area contributed by atoms with Crippen molar-refractivity contribution in [3.63, 3.8) is 0 Å². The number of thiophene rings is 1. The van der Waals surface area contributed by atoms with Crippen LogP contribution in [0.15, 0.2) is 97.1 Å². The lowest BCUT2D eigenvalue weighted by atomic mass is 9.97. The number of hydrogen-bond donors (Lipinski definition) is 2. The molecular formula is C38H30N4O4S2. The summed E-state index contributed by atoms with van der Waals surface area (Å²) in [6.45, 7) is 3.19. The fourth-order valence-electron chi connectivity index (χ4n) is 6.51. The van der Waals surface area contributed by atoms with Crippen LogP contribution < -0.4 is 10.6 Å². The summed E-state index contributed by atoms with van der Waals surface area (Å²) in [5.74, 6) is -0.392. The molecule has 4 aromatic carbocycles. The van der Waals surface area contributed by atoms with Crippen LogP contribution in [0.25, 0.3) is 21.3 Å². The Morgan fingerprint density at radius 3 is 2.35 bits per heavy atom. The second-order valence-electron chi connectivity index (χ2n) is 12.0. The molecule has 2 aliphatic rings. The molecule has 0 saturated heterocycles. The molecule has 0 unspecified atom stereocenters. The summed E-state index contributed by atoms with van der Waals surface area (Å²) in [5.41, 5.74) is 8.75. The summed E-state index contributed by atoms with van der Waals surface area (Å²) in [5, 5.41) is 6.37. The number of amides is 3. The highest BCUT2D eigenvalue weighted by Gasteiger charge is 2.30. The number of nitrogens with zero attached hydrogens (tertiary/aromatic N) is 2. The van der Waals surface area contributed by atoms with Gasteiger partial charge in [-0.05, 0) is 89.2 Å². The van der Waals surface area contributed by atoms with Crippen LogP contribution in [0.2, 0.25) is 0 Å². The molecule has 1 aliphatic heterocycles. The van der Waals surface area contributed by atoms with Crippen molar-refractivity contribution in [3.8, 4) is 11.1 Å². The number of carbonyl (C=O) groups excluding carboxylic acids is 3. The summed E-state index contributed by atoms with van der Waals surface area (Å²) in [4.78, 5) is 47.0. The molecule has 2 N–H and O–H groups in total. The topological polar surface area (TPSA) is 101 Å². The summed E-state index contributed by atoms with van der Waals surface area (Å²) in [7, 11) is 0. The van der Waals surface area contributed by atoms with Gasteiger partial charge in [0.25, 0.3) is 11.8 Å². The maximum Gasteiger partial charge on any atom is 0.410 e. The van der Waals surface area contributed by atoms with Crippen molar-refractivity contribution < 1.29 is 19.1 Å². The fourth-order valence-corrected chi connectivity index (χ4v) is 8.17. The predicted octanol–water partition coefficient (Wildman–Crippen LogP) is 8.48. The summed E-state index contributed by atoms with van der Waals surface area (Å²) in [6.07, 6.45) is 0.305. The van der Waals surface area contributed by atoms with Crippen molar-refractivity contribution in [1.29, 1.82) is 0 Å². The van der Waals surface area contributed by atoms with Crippen LogP contribution in [0.1, 0.15) is 53.1 Å². The SMILES string of the molecule is Cc1ccc(C(=O)Nc2nc3ccc(NC(=O)c4ccc5c(c4)CCN(C(=O)OCC4c6ccccc6-c6ccccc64)C5)cc3s2)s1. The normalized spacial score (nSPS) is 13.5. The third-order valence-corrected chi connectivity index (χ3v) is 10.8. The van der Waals surface area contributed by atoms with E-state index in [1.54, 1.807) is 23.1 Å². The van der Waals surface area contributed by atoms with E-state index in [2.05, 4.69) is 39.9 Å². The molecule has 6 aromatic rings. The molecule has 238 valence electrons. The van der Waals surface area contributed by atoms with Gasteiger partial charge in [0.15, 0.2) is 5.13 Å². The largest absolute Gasteiger partial charge is 0.448 e. The van der Waals surface area contributed by atoms with Crippen molar-refractivity contribution in [2.45, 2.75) is 25.8 Å². The van der Waals surface area contributed by atoms with Gasteiger partial charge in [0.1, 0.15) is 6.61 Å². The zero-order valence-electron chi connectivity index (χ0n) is 26.0. The smallest absolute Gasteiger partial charge is 0.410 e. The Morgan fingerprint density at radius 2 is 1.60 bits per heavy atom. The van der Waals surface area contributed by atoms with Gasteiger partial charge in [0, 0.05) is 35.1 Å². The average molecular weight is 671 g/mol. The number of carbonyl (C=O) groups is 3. The third-order valence-electron chi connectivity index (χ3n) is 8.91. The third kappa shape index (κ3) is 5.74. The minimum absolute atomic E-state index is 0.0139. The van der Waals surface area contributed by atoms with E-state index in [9.17, 15) is 14.4 Å². The standard InChI is InChI=1S/C38H30N4O4S2/c1-22-10-15-33(47-22)36(44)41-37-40-32-14-13-26(19-34(32)48-37)39-35(43)24-11-12-25-20-42(17-16-23(25)18-24)38(45)46-21-31-29-8-4-2-6-27(29)28-7-3-5-9-30(28)31/h2-15,18-19,31H,16-17,20-21H2,1H3,(H,39,43)(H,40,41,44). The van der Waals surface area contributed by atoms with Gasteiger partial charge in [-0.2, -0.15) is 0 Å². The molecule has 0 radical (unpaired) electrons. The zero-order chi connectivity index (χ0) is 32.8. The molecule has 8 rings (SSSR count). The van der Waals surface area contributed by atoms with Gasteiger partial charge in [-0.15, -0.1) is 11.3 Å². The number of ether oxygens (including phenoxy) is 1. The number of aryl methyl sites for hydroxylation is 1. The lowest BCUT2D eigenvalue weighted by Gasteiger charge is -2.29.